The molecule has 0 radical (unpaired) electrons. The summed E-state index contributed by atoms with van der Waals surface area (Å²) in [6, 6.07) is 16.1. The summed E-state index contributed by atoms with van der Waals surface area (Å²) in [6.45, 7) is 8.40. The Hall–Kier alpha value is -3.41. The number of hydrogen-bond acceptors (Lipinski definition) is 3. The number of anilines is 1. The molecule has 0 spiro atoms. The summed E-state index contributed by atoms with van der Waals surface area (Å²) in [7, 11) is 0. The van der Waals surface area contributed by atoms with Crippen molar-refractivity contribution in [3.63, 3.8) is 0 Å². The number of pyridine rings is 1. The van der Waals surface area contributed by atoms with Gasteiger partial charge < -0.3 is 15.0 Å². The molecule has 0 unspecified atom stereocenters. The van der Waals surface area contributed by atoms with Crippen LogP contribution in [0.15, 0.2) is 59.4 Å². The van der Waals surface area contributed by atoms with Crippen LogP contribution in [-0.4, -0.2) is 17.5 Å². The maximum atomic E-state index is 15.5. The molecule has 2 aromatic carbocycles. The second kappa shape index (κ2) is 11.1. The number of carbonyl (C=O) groups is 1. The summed E-state index contributed by atoms with van der Waals surface area (Å²) in [5.41, 5.74) is 0.763. The predicted molar refractivity (Wildman–Crippen MR) is 135 cm³/mol. The fourth-order valence-corrected chi connectivity index (χ4v) is 4.19. The molecule has 1 aliphatic carbocycles. The summed E-state index contributed by atoms with van der Waals surface area (Å²) in [4.78, 5) is 28.9. The minimum absolute atomic E-state index is 0.0342. The lowest BCUT2D eigenvalue weighted by Gasteiger charge is -2.21. The van der Waals surface area contributed by atoms with Crippen LogP contribution in [0.5, 0.6) is 5.75 Å². The van der Waals surface area contributed by atoms with E-state index in [0.29, 0.717) is 42.0 Å². The number of hydrogen-bond donors (Lipinski definition) is 2. The maximum Gasteiger partial charge on any atom is 0.261 e. The third kappa shape index (κ3) is 5.56. The Labute approximate surface area is 200 Å². The van der Waals surface area contributed by atoms with Crippen LogP contribution in [0, 0.1) is 6.92 Å². The summed E-state index contributed by atoms with van der Waals surface area (Å²) in [6.07, 6.45) is 2.29. The number of carbonyl (C=O) groups excluding carboxylic acids is 1. The molecule has 4 rings (SSSR count). The highest BCUT2D eigenvalue weighted by atomic mass is 19.1. The zero-order valence-electron chi connectivity index (χ0n) is 20.3. The van der Waals surface area contributed by atoms with Crippen LogP contribution in [0.4, 0.5) is 10.1 Å². The molecule has 0 bridgehead atoms. The Morgan fingerprint density at radius 3 is 2.26 bits per heavy atom. The van der Waals surface area contributed by atoms with E-state index in [-0.39, 0.29) is 11.3 Å². The molecule has 0 aliphatic heterocycles. The first-order valence-electron chi connectivity index (χ1n) is 12.0. The highest BCUT2D eigenvalue weighted by Crippen LogP contribution is 2.42. The number of amides is 1. The Bertz CT molecular complexity index is 1160. The minimum Gasteiger partial charge on any atom is -0.494 e. The zero-order chi connectivity index (χ0) is 24.7. The largest absolute Gasteiger partial charge is 0.494 e. The van der Waals surface area contributed by atoms with Crippen LogP contribution in [0.3, 0.4) is 0 Å². The van der Waals surface area contributed by atoms with Gasteiger partial charge in [-0.05, 0) is 75.4 Å². The molecule has 0 saturated heterocycles. The molecule has 6 heteroatoms. The second-order valence-corrected chi connectivity index (χ2v) is 8.25. The summed E-state index contributed by atoms with van der Waals surface area (Å²) in [5, 5.41) is 2.78. The highest BCUT2D eigenvalue weighted by molar-refractivity contribution is 6.08. The van der Waals surface area contributed by atoms with Gasteiger partial charge in [-0.2, -0.15) is 0 Å². The van der Waals surface area contributed by atoms with Gasteiger partial charge in [0.2, 0.25) is 0 Å². The van der Waals surface area contributed by atoms with E-state index in [1.807, 2.05) is 52.0 Å². The molecule has 2 N–H and O–H groups in total. The smallest absolute Gasteiger partial charge is 0.261 e. The molecule has 1 aliphatic rings. The van der Waals surface area contributed by atoms with Gasteiger partial charge in [0, 0.05) is 11.3 Å². The number of nitrogens with one attached hydrogen (secondary N) is 2. The van der Waals surface area contributed by atoms with Gasteiger partial charge in [0.25, 0.3) is 11.5 Å². The van der Waals surface area contributed by atoms with Crippen molar-refractivity contribution in [2.24, 2.45) is 0 Å². The molecule has 180 valence electrons. The number of halogens is 1. The SMILES string of the molecule is CC.CCOc1ccc(NC(=O)c2c(-c3ccc(C)cc3)cc(C3(F)CCCC3)[nH]c2=O)cc1. The maximum absolute atomic E-state index is 15.5. The van der Waals surface area contributed by atoms with E-state index < -0.39 is 17.1 Å². The van der Waals surface area contributed by atoms with E-state index in [0.717, 1.165) is 18.4 Å². The predicted octanol–water partition coefficient (Wildman–Crippen LogP) is 6.77. The number of rotatable bonds is 6. The molecule has 1 fully saturated rings. The number of H-pyrrole nitrogens is 1. The molecule has 1 amide bonds. The fourth-order valence-electron chi connectivity index (χ4n) is 4.19. The third-order valence-corrected chi connectivity index (χ3v) is 5.92. The van der Waals surface area contributed by atoms with E-state index in [2.05, 4.69) is 10.3 Å². The minimum atomic E-state index is -1.57. The van der Waals surface area contributed by atoms with Crippen LogP contribution >= 0.6 is 0 Å². The summed E-state index contributed by atoms with van der Waals surface area (Å²) in [5.74, 6) is 0.148. The van der Waals surface area contributed by atoms with Crippen LogP contribution in [0.1, 0.15) is 68.1 Å². The van der Waals surface area contributed by atoms with E-state index >= 15 is 4.39 Å². The van der Waals surface area contributed by atoms with E-state index in [1.54, 1.807) is 30.3 Å². The van der Waals surface area contributed by atoms with E-state index in [9.17, 15) is 9.59 Å². The molecule has 1 aromatic heterocycles. The van der Waals surface area contributed by atoms with Gasteiger partial charge in [0.05, 0.1) is 12.3 Å². The number of benzene rings is 2. The van der Waals surface area contributed by atoms with Crippen molar-refractivity contribution in [3.05, 3.63) is 81.8 Å². The standard InChI is InChI=1S/C26H27FN2O3.C2H6/c1-3-32-20-12-10-19(11-13-20)28-24(30)23-21(18-8-6-17(2)7-9-18)16-22(29-25(23)31)26(27)14-4-5-15-26;1-2/h6-13,16H,3-5,14-15H2,1-2H3,(H,28,30)(H,29,31);1-2H3. The van der Waals surface area contributed by atoms with Gasteiger partial charge in [-0.3, -0.25) is 9.59 Å². The van der Waals surface area contributed by atoms with Gasteiger partial charge in [0.15, 0.2) is 5.67 Å². The van der Waals surface area contributed by atoms with Crippen LogP contribution < -0.4 is 15.6 Å². The summed E-state index contributed by atoms with van der Waals surface area (Å²) >= 11 is 0. The Kier molecular flexibility index (Phi) is 8.26. The monoisotopic (exact) mass is 464 g/mol. The Balaban J connectivity index is 0.00000158. The molecule has 1 heterocycles. The first-order valence-corrected chi connectivity index (χ1v) is 12.0. The van der Waals surface area contributed by atoms with Gasteiger partial charge in [-0.25, -0.2) is 4.39 Å². The second-order valence-electron chi connectivity index (χ2n) is 8.25. The zero-order valence-corrected chi connectivity index (χ0v) is 20.3. The number of alkyl halides is 1. The number of ether oxygens (including phenoxy) is 1. The van der Waals surface area contributed by atoms with Gasteiger partial charge >= 0.3 is 0 Å². The molecule has 3 aromatic rings. The van der Waals surface area contributed by atoms with Crippen LogP contribution in [-0.2, 0) is 5.67 Å². The lowest BCUT2D eigenvalue weighted by Crippen LogP contribution is -2.29. The van der Waals surface area contributed by atoms with Gasteiger partial charge in [-0.1, -0.05) is 43.7 Å². The first-order chi connectivity index (χ1) is 16.4. The lowest BCUT2D eigenvalue weighted by atomic mass is 9.93. The van der Waals surface area contributed by atoms with E-state index in [4.69, 9.17) is 4.74 Å². The van der Waals surface area contributed by atoms with Gasteiger partial charge in [-0.15, -0.1) is 0 Å². The lowest BCUT2D eigenvalue weighted by molar-refractivity contribution is 0.102. The van der Waals surface area contributed by atoms with Crippen LogP contribution in [0.2, 0.25) is 0 Å². The van der Waals surface area contributed by atoms with Crippen molar-refractivity contribution in [2.75, 3.05) is 11.9 Å². The van der Waals surface area contributed by atoms with Crippen molar-refractivity contribution >= 4 is 11.6 Å². The average Bonchev–Trinajstić information content (AvgIpc) is 3.29. The van der Waals surface area contributed by atoms with E-state index in [1.165, 1.54) is 0 Å². The van der Waals surface area contributed by atoms with Crippen LogP contribution in [0.25, 0.3) is 11.1 Å². The molecular weight excluding hydrogens is 431 g/mol. The summed E-state index contributed by atoms with van der Waals surface area (Å²) < 4.78 is 20.9. The molecule has 0 atom stereocenters. The number of aryl methyl sites for hydroxylation is 1. The number of aromatic nitrogens is 1. The number of aromatic amines is 1. The van der Waals surface area contributed by atoms with Gasteiger partial charge in [0.1, 0.15) is 11.3 Å². The van der Waals surface area contributed by atoms with Crippen molar-refractivity contribution in [1.82, 2.24) is 4.98 Å². The molecular formula is C28H33FN2O3. The first kappa shape index (κ1) is 25.2. The average molecular weight is 465 g/mol. The third-order valence-electron chi connectivity index (χ3n) is 5.92. The van der Waals surface area contributed by atoms with Crippen molar-refractivity contribution in [3.8, 4) is 16.9 Å². The van der Waals surface area contributed by atoms with Crippen molar-refractivity contribution < 1.29 is 13.9 Å². The van der Waals surface area contributed by atoms with Crippen molar-refractivity contribution in [1.29, 1.82) is 0 Å². The highest BCUT2D eigenvalue weighted by Gasteiger charge is 2.37. The topological polar surface area (TPSA) is 71.2 Å². The molecule has 34 heavy (non-hydrogen) atoms. The fraction of sp³-hybridized carbons (Fsp3) is 0.357. The Morgan fingerprint density at radius 2 is 1.68 bits per heavy atom. The molecule has 1 saturated carbocycles. The normalized spacial score (nSPS) is 14.1. The van der Waals surface area contributed by atoms with Crippen molar-refractivity contribution in [2.45, 2.75) is 59.0 Å². The molecule has 5 nitrogen and oxygen atoms in total. The Morgan fingerprint density at radius 1 is 1.06 bits per heavy atom. The quantitative estimate of drug-likeness (QED) is 0.423.